The Hall–Kier alpha value is -3.19. The first kappa shape index (κ1) is 26.1. The fraction of sp³-hybridized carbons (Fsp3) is 0.407. The zero-order chi connectivity index (χ0) is 27.7. The molecule has 0 bridgehead atoms. The van der Waals surface area contributed by atoms with E-state index in [1.807, 2.05) is 51.1 Å². The number of nitrogens with zero attached hydrogens (tertiary/aromatic N) is 4. The van der Waals surface area contributed by atoms with Gasteiger partial charge in [-0.25, -0.2) is 18.4 Å². The predicted molar refractivity (Wildman–Crippen MR) is 151 cm³/mol. The number of thiazole rings is 1. The summed E-state index contributed by atoms with van der Waals surface area (Å²) in [6.45, 7) is 5.87. The standard InChI is InChI=1S/C27H30N6O4S2/c1-14-5-7-17(8-6-14)15(2)29-25-30-16(3)21(24-31-19-13-28-12-10-20(19)38-24)23(32-25)33-26(34)11-9-18-22(27(18,26)35)39(4,36)37/h5-8,10,12-13,15,18,22,34-35H,9,11H2,1-4H3,(H2,29,30,32,33). The van der Waals surface area contributed by atoms with Crippen molar-refractivity contribution in [1.82, 2.24) is 19.9 Å². The van der Waals surface area contributed by atoms with Crippen molar-refractivity contribution in [1.29, 1.82) is 0 Å². The van der Waals surface area contributed by atoms with Crippen LogP contribution < -0.4 is 10.6 Å². The fourth-order valence-corrected chi connectivity index (χ4v) is 8.79. The van der Waals surface area contributed by atoms with Crippen molar-refractivity contribution in [3.63, 3.8) is 0 Å². The number of hydrogen-bond donors (Lipinski definition) is 4. The van der Waals surface area contributed by atoms with Crippen molar-refractivity contribution in [2.24, 2.45) is 5.92 Å². The normalized spacial score (nSPS) is 26.8. The predicted octanol–water partition coefficient (Wildman–Crippen LogP) is 3.61. The van der Waals surface area contributed by atoms with Crippen molar-refractivity contribution in [3.05, 3.63) is 59.5 Å². The Morgan fingerprint density at radius 3 is 2.51 bits per heavy atom. The van der Waals surface area contributed by atoms with Crippen molar-refractivity contribution >= 4 is 43.2 Å². The highest BCUT2D eigenvalue weighted by atomic mass is 32.2. The second kappa shape index (κ2) is 8.91. The van der Waals surface area contributed by atoms with Crippen LogP contribution in [0.25, 0.3) is 20.8 Å². The summed E-state index contributed by atoms with van der Waals surface area (Å²) >= 11 is 1.44. The van der Waals surface area contributed by atoms with E-state index in [0.29, 0.717) is 28.6 Å². The molecule has 5 unspecified atom stereocenters. The number of pyridine rings is 1. The molecule has 3 aromatic heterocycles. The first-order chi connectivity index (χ1) is 18.4. The number of aromatic nitrogens is 4. The van der Waals surface area contributed by atoms with E-state index in [9.17, 15) is 18.6 Å². The summed E-state index contributed by atoms with van der Waals surface area (Å²) in [4.78, 5) is 18.3. The molecule has 2 saturated carbocycles. The molecule has 2 aliphatic rings. The van der Waals surface area contributed by atoms with E-state index in [4.69, 9.17) is 15.0 Å². The first-order valence-electron chi connectivity index (χ1n) is 12.8. The molecular weight excluding hydrogens is 536 g/mol. The van der Waals surface area contributed by atoms with Crippen molar-refractivity contribution in [2.45, 2.75) is 56.2 Å². The van der Waals surface area contributed by atoms with Gasteiger partial charge in [0.25, 0.3) is 0 Å². The summed E-state index contributed by atoms with van der Waals surface area (Å²) in [6, 6.07) is 9.92. The van der Waals surface area contributed by atoms with Crippen LogP contribution in [0.5, 0.6) is 0 Å². The first-order valence-corrected chi connectivity index (χ1v) is 15.5. The number of nitrogens with one attached hydrogen (secondary N) is 2. The quantitative estimate of drug-likeness (QED) is 0.244. The lowest BCUT2D eigenvalue weighted by molar-refractivity contribution is -0.0616. The van der Waals surface area contributed by atoms with Crippen LogP contribution >= 0.6 is 11.3 Å². The van der Waals surface area contributed by atoms with Gasteiger partial charge in [-0.05, 0) is 45.2 Å². The number of sulfone groups is 1. The van der Waals surface area contributed by atoms with Crippen LogP contribution in [0, 0.1) is 19.8 Å². The average Bonchev–Trinajstić information content (AvgIpc) is 3.16. The number of aryl methyl sites for hydroxylation is 2. The molecule has 4 N–H and O–H groups in total. The number of rotatable bonds is 7. The summed E-state index contributed by atoms with van der Waals surface area (Å²) in [6.07, 6.45) is 5.02. The molecule has 5 atom stereocenters. The molecule has 39 heavy (non-hydrogen) atoms. The minimum absolute atomic E-state index is 0.113. The van der Waals surface area contributed by atoms with Gasteiger partial charge < -0.3 is 20.8 Å². The lowest BCUT2D eigenvalue weighted by Gasteiger charge is -2.33. The maximum absolute atomic E-state index is 12.4. The maximum atomic E-state index is 12.4. The van der Waals surface area contributed by atoms with Crippen molar-refractivity contribution in [2.75, 3.05) is 16.9 Å². The molecule has 204 valence electrons. The van der Waals surface area contributed by atoms with Gasteiger partial charge in [-0.3, -0.25) is 4.98 Å². The molecule has 0 radical (unpaired) electrons. The third-order valence-electron chi connectivity index (χ3n) is 7.94. The molecule has 0 amide bonds. The topological polar surface area (TPSA) is 150 Å². The molecule has 3 heterocycles. The number of hydrogen-bond acceptors (Lipinski definition) is 11. The third kappa shape index (κ3) is 4.26. The highest BCUT2D eigenvalue weighted by molar-refractivity contribution is 7.91. The zero-order valence-corrected chi connectivity index (χ0v) is 23.6. The van der Waals surface area contributed by atoms with Crippen LogP contribution in [0.2, 0.25) is 0 Å². The Morgan fingerprint density at radius 1 is 1.10 bits per heavy atom. The van der Waals surface area contributed by atoms with Gasteiger partial charge in [0.15, 0.2) is 15.6 Å². The van der Waals surface area contributed by atoms with E-state index in [0.717, 1.165) is 27.6 Å². The Balaban J connectivity index is 1.42. The summed E-state index contributed by atoms with van der Waals surface area (Å²) in [5, 5.41) is 29.1. The van der Waals surface area contributed by atoms with E-state index in [1.165, 1.54) is 11.3 Å². The summed E-state index contributed by atoms with van der Waals surface area (Å²) < 4.78 is 25.7. The van der Waals surface area contributed by atoms with Gasteiger partial charge in [-0.15, -0.1) is 11.3 Å². The molecule has 6 rings (SSSR count). The van der Waals surface area contributed by atoms with Crippen LogP contribution in [0.4, 0.5) is 11.8 Å². The molecular formula is C27H30N6O4S2. The van der Waals surface area contributed by atoms with Crippen LogP contribution in [-0.2, 0) is 9.84 Å². The molecule has 12 heteroatoms. The molecule has 0 saturated heterocycles. The minimum Gasteiger partial charge on any atom is -0.383 e. The van der Waals surface area contributed by atoms with Gasteiger partial charge in [-0.1, -0.05) is 29.8 Å². The van der Waals surface area contributed by atoms with E-state index in [2.05, 4.69) is 15.6 Å². The number of anilines is 2. The van der Waals surface area contributed by atoms with Gasteiger partial charge in [0, 0.05) is 18.4 Å². The zero-order valence-electron chi connectivity index (χ0n) is 22.0. The smallest absolute Gasteiger partial charge is 0.225 e. The van der Waals surface area contributed by atoms with E-state index < -0.39 is 32.3 Å². The fourth-order valence-electron chi connectivity index (χ4n) is 5.87. The van der Waals surface area contributed by atoms with Crippen LogP contribution in [0.1, 0.15) is 42.6 Å². The highest BCUT2D eigenvalue weighted by Gasteiger charge is 2.81. The maximum Gasteiger partial charge on any atom is 0.225 e. The Kier molecular flexibility index (Phi) is 5.96. The van der Waals surface area contributed by atoms with Crippen LogP contribution in [0.3, 0.4) is 0 Å². The minimum atomic E-state index is -3.57. The molecule has 2 fully saturated rings. The second-order valence-electron chi connectivity index (χ2n) is 10.7. The highest BCUT2D eigenvalue weighted by Crippen LogP contribution is 2.63. The van der Waals surface area contributed by atoms with Gasteiger partial charge >= 0.3 is 0 Å². The second-order valence-corrected chi connectivity index (χ2v) is 13.9. The van der Waals surface area contributed by atoms with E-state index in [1.54, 1.807) is 12.4 Å². The van der Waals surface area contributed by atoms with Gasteiger partial charge in [0.2, 0.25) is 5.95 Å². The van der Waals surface area contributed by atoms with Crippen molar-refractivity contribution < 1.29 is 18.6 Å². The van der Waals surface area contributed by atoms with Crippen LogP contribution in [0.15, 0.2) is 42.7 Å². The number of aliphatic hydroxyl groups is 2. The van der Waals surface area contributed by atoms with Gasteiger partial charge in [-0.2, -0.15) is 4.98 Å². The monoisotopic (exact) mass is 566 g/mol. The summed E-state index contributed by atoms with van der Waals surface area (Å²) in [5.74, 6) is 0.0584. The SMILES string of the molecule is Cc1ccc(C(C)Nc2nc(C)c(-c3nc4cnccc4s3)c(NC3(O)CCC4C(S(C)(=O)=O)C43O)n2)cc1. The molecule has 0 aliphatic heterocycles. The number of fused-ring (bicyclic) bond motifs is 2. The average molecular weight is 567 g/mol. The molecule has 1 aromatic carbocycles. The lowest BCUT2D eigenvalue weighted by atomic mass is 10.0. The third-order valence-corrected chi connectivity index (χ3v) is 10.6. The molecule has 4 aromatic rings. The lowest BCUT2D eigenvalue weighted by Crippen LogP contribution is -2.52. The summed E-state index contributed by atoms with van der Waals surface area (Å²) in [7, 11) is -3.57. The molecule has 0 spiro atoms. The van der Waals surface area contributed by atoms with Gasteiger partial charge in [0.1, 0.15) is 27.2 Å². The molecule has 2 aliphatic carbocycles. The van der Waals surface area contributed by atoms with Crippen LogP contribution in [-0.4, -0.2) is 61.4 Å². The Labute approximate surface area is 230 Å². The molecule has 10 nitrogen and oxygen atoms in total. The van der Waals surface area contributed by atoms with Crippen molar-refractivity contribution in [3.8, 4) is 10.6 Å². The van der Waals surface area contributed by atoms with Gasteiger partial charge in [0.05, 0.1) is 28.2 Å². The summed E-state index contributed by atoms with van der Waals surface area (Å²) in [5.41, 5.74) is 0.417. The van der Waals surface area contributed by atoms with E-state index >= 15 is 0 Å². The number of benzene rings is 1. The Bertz CT molecular complexity index is 1660. The largest absolute Gasteiger partial charge is 0.383 e. The van der Waals surface area contributed by atoms with E-state index in [-0.39, 0.29) is 18.3 Å². The Morgan fingerprint density at radius 2 is 1.85 bits per heavy atom.